The fourth-order valence-electron chi connectivity index (χ4n) is 2.94. The molecule has 1 heterocycles. The first-order valence-electron chi connectivity index (χ1n) is 8.83. The Morgan fingerprint density at radius 1 is 1.12 bits per heavy atom. The molecule has 0 amide bonds. The van der Waals surface area contributed by atoms with Gasteiger partial charge in [-0.25, -0.2) is 13.1 Å². The number of benzene rings is 2. The van der Waals surface area contributed by atoms with Crippen molar-refractivity contribution < 1.29 is 13.2 Å². The molecule has 0 aliphatic carbocycles. The van der Waals surface area contributed by atoms with E-state index in [0.717, 1.165) is 37.2 Å². The number of ether oxygens (including phenoxy) is 1. The lowest BCUT2D eigenvalue weighted by atomic mass is 10.1. The molecular weight excluding hydrogens is 350 g/mol. The molecule has 3 rings (SSSR count). The molecule has 26 heavy (non-hydrogen) atoms. The molecule has 140 valence electrons. The van der Waals surface area contributed by atoms with Crippen LogP contribution >= 0.6 is 0 Å². The van der Waals surface area contributed by atoms with Crippen LogP contribution in [0.1, 0.15) is 24.8 Å². The number of anilines is 2. The lowest BCUT2D eigenvalue weighted by Gasteiger charge is -2.23. The molecular formula is C19H25N3O3S. The highest BCUT2D eigenvalue weighted by Crippen LogP contribution is 2.21. The van der Waals surface area contributed by atoms with Gasteiger partial charge >= 0.3 is 0 Å². The molecule has 1 atom stereocenters. The number of rotatable bonds is 7. The van der Waals surface area contributed by atoms with Crippen molar-refractivity contribution in [2.75, 3.05) is 24.2 Å². The molecule has 7 heteroatoms. The average molecular weight is 375 g/mol. The second kappa shape index (κ2) is 8.53. The maximum absolute atomic E-state index is 12.3. The van der Waals surface area contributed by atoms with Crippen molar-refractivity contribution >= 4 is 21.4 Å². The molecule has 0 saturated carbocycles. The van der Waals surface area contributed by atoms with E-state index in [1.165, 1.54) is 6.42 Å². The van der Waals surface area contributed by atoms with Gasteiger partial charge in [-0.2, -0.15) is 0 Å². The molecule has 1 fully saturated rings. The highest BCUT2D eigenvalue weighted by atomic mass is 32.2. The summed E-state index contributed by atoms with van der Waals surface area (Å²) >= 11 is 0. The Morgan fingerprint density at radius 3 is 2.62 bits per heavy atom. The van der Waals surface area contributed by atoms with E-state index in [2.05, 4.69) is 10.0 Å². The molecule has 1 saturated heterocycles. The van der Waals surface area contributed by atoms with E-state index in [4.69, 9.17) is 10.5 Å². The van der Waals surface area contributed by atoms with Crippen LogP contribution < -0.4 is 15.8 Å². The predicted molar refractivity (Wildman–Crippen MR) is 103 cm³/mol. The van der Waals surface area contributed by atoms with Crippen LogP contribution in [0.4, 0.5) is 11.4 Å². The quantitative estimate of drug-likeness (QED) is 0.647. The van der Waals surface area contributed by atoms with Gasteiger partial charge in [-0.15, -0.1) is 0 Å². The minimum atomic E-state index is -3.53. The van der Waals surface area contributed by atoms with Crippen LogP contribution in [0.5, 0.6) is 0 Å². The third-order valence-electron chi connectivity index (χ3n) is 4.43. The minimum Gasteiger partial charge on any atom is -0.397 e. The summed E-state index contributed by atoms with van der Waals surface area (Å²) in [5.41, 5.74) is 8.35. The smallest absolute Gasteiger partial charge is 0.240 e. The maximum Gasteiger partial charge on any atom is 0.240 e. The molecule has 2 aromatic carbocycles. The fraction of sp³-hybridized carbons (Fsp3) is 0.368. The third kappa shape index (κ3) is 4.97. The average Bonchev–Trinajstić information content (AvgIpc) is 2.67. The third-order valence-corrected chi connectivity index (χ3v) is 5.85. The van der Waals surface area contributed by atoms with E-state index < -0.39 is 10.0 Å². The van der Waals surface area contributed by atoms with Gasteiger partial charge in [0.15, 0.2) is 0 Å². The van der Waals surface area contributed by atoms with E-state index >= 15 is 0 Å². The number of hydrogen-bond donors (Lipinski definition) is 3. The highest BCUT2D eigenvalue weighted by Gasteiger charge is 2.15. The Kier molecular flexibility index (Phi) is 6.13. The maximum atomic E-state index is 12.3. The molecule has 4 N–H and O–H groups in total. The summed E-state index contributed by atoms with van der Waals surface area (Å²) in [5.74, 6) is 0. The first kappa shape index (κ1) is 18.7. The van der Waals surface area contributed by atoms with Crippen LogP contribution in [-0.4, -0.2) is 27.7 Å². The van der Waals surface area contributed by atoms with Crippen molar-refractivity contribution in [1.82, 2.24) is 4.72 Å². The Hall–Kier alpha value is -2.09. The van der Waals surface area contributed by atoms with Crippen molar-refractivity contribution in [2.45, 2.75) is 36.8 Å². The van der Waals surface area contributed by atoms with Gasteiger partial charge in [-0.1, -0.05) is 24.3 Å². The van der Waals surface area contributed by atoms with E-state index in [9.17, 15) is 8.42 Å². The van der Waals surface area contributed by atoms with E-state index in [1.54, 1.807) is 36.4 Å². The summed E-state index contributed by atoms with van der Waals surface area (Å²) in [6.45, 7) is 1.74. The van der Waals surface area contributed by atoms with Gasteiger partial charge in [0.2, 0.25) is 10.0 Å². The van der Waals surface area contributed by atoms with E-state index in [1.807, 2.05) is 12.1 Å². The van der Waals surface area contributed by atoms with Crippen LogP contribution in [0, 0.1) is 0 Å². The van der Waals surface area contributed by atoms with Crippen LogP contribution in [0.25, 0.3) is 0 Å². The summed E-state index contributed by atoms with van der Waals surface area (Å²) in [6.07, 6.45) is 3.61. The molecule has 0 spiro atoms. The fourth-order valence-corrected chi connectivity index (χ4v) is 3.98. The van der Waals surface area contributed by atoms with Crippen molar-refractivity contribution in [3.8, 4) is 0 Å². The Bertz CT molecular complexity index is 819. The number of nitrogens with two attached hydrogens (primary N) is 1. The molecule has 1 aliphatic heterocycles. The van der Waals surface area contributed by atoms with Gasteiger partial charge in [0, 0.05) is 19.7 Å². The summed E-state index contributed by atoms with van der Waals surface area (Å²) in [5, 5.41) is 3.32. The van der Waals surface area contributed by atoms with Crippen LogP contribution in [0.2, 0.25) is 0 Å². The number of hydrogen-bond acceptors (Lipinski definition) is 5. The van der Waals surface area contributed by atoms with Crippen molar-refractivity contribution in [3.63, 3.8) is 0 Å². The predicted octanol–water partition coefficient (Wildman–Crippen LogP) is 2.73. The van der Waals surface area contributed by atoms with Crippen LogP contribution in [0.15, 0.2) is 53.4 Å². The van der Waals surface area contributed by atoms with Gasteiger partial charge in [-0.3, -0.25) is 0 Å². The summed E-state index contributed by atoms with van der Waals surface area (Å²) in [7, 11) is -3.53. The SMILES string of the molecule is Nc1cc(CNS(=O)(=O)c2ccccc2)ccc1NCC1CCCCO1. The van der Waals surface area contributed by atoms with Crippen molar-refractivity contribution in [2.24, 2.45) is 0 Å². The summed E-state index contributed by atoms with van der Waals surface area (Å²) < 4.78 is 32.8. The van der Waals surface area contributed by atoms with Crippen molar-refractivity contribution in [3.05, 3.63) is 54.1 Å². The highest BCUT2D eigenvalue weighted by molar-refractivity contribution is 7.89. The molecule has 1 aliphatic rings. The standard InChI is InChI=1S/C19H25N3O3S/c20-18-12-15(13-22-26(23,24)17-7-2-1-3-8-17)9-10-19(18)21-14-16-6-4-5-11-25-16/h1-3,7-10,12,16,21-22H,4-6,11,13-14,20H2. The molecule has 0 aromatic heterocycles. The topological polar surface area (TPSA) is 93.5 Å². The molecule has 0 radical (unpaired) electrons. The zero-order valence-corrected chi connectivity index (χ0v) is 15.5. The largest absolute Gasteiger partial charge is 0.397 e. The van der Waals surface area contributed by atoms with Gasteiger partial charge in [-0.05, 0) is 49.1 Å². The zero-order chi connectivity index (χ0) is 18.4. The number of nitrogen functional groups attached to an aromatic ring is 1. The van der Waals surface area contributed by atoms with E-state index in [0.29, 0.717) is 5.69 Å². The number of sulfonamides is 1. The Labute approximate surface area is 154 Å². The summed E-state index contributed by atoms with van der Waals surface area (Å²) in [6, 6.07) is 13.8. The Balaban J connectivity index is 1.57. The first-order valence-corrected chi connectivity index (χ1v) is 10.3. The van der Waals surface area contributed by atoms with Crippen LogP contribution in [0.3, 0.4) is 0 Å². The second-order valence-electron chi connectivity index (χ2n) is 6.43. The molecule has 6 nitrogen and oxygen atoms in total. The molecule has 2 aromatic rings. The van der Waals surface area contributed by atoms with Crippen LogP contribution in [-0.2, 0) is 21.3 Å². The van der Waals surface area contributed by atoms with Crippen molar-refractivity contribution in [1.29, 1.82) is 0 Å². The zero-order valence-electron chi connectivity index (χ0n) is 14.6. The molecule has 0 bridgehead atoms. The van der Waals surface area contributed by atoms with Gasteiger partial charge in [0.05, 0.1) is 22.4 Å². The second-order valence-corrected chi connectivity index (χ2v) is 8.20. The lowest BCUT2D eigenvalue weighted by Crippen LogP contribution is -2.27. The number of nitrogens with one attached hydrogen (secondary N) is 2. The Morgan fingerprint density at radius 2 is 1.92 bits per heavy atom. The monoisotopic (exact) mass is 375 g/mol. The van der Waals surface area contributed by atoms with Gasteiger partial charge in [0.25, 0.3) is 0 Å². The van der Waals surface area contributed by atoms with Gasteiger partial charge in [0.1, 0.15) is 0 Å². The first-order chi connectivity index (χ1) is 12.5. The normalized spacial score (nSPS) is 17.8. The lowest BCUT2D eigenvalue weighted by molar-refractivity contribution is 0.0248. The summed E-state index contributed by atoms with van der Waals surface area (Å²) in [4.78, 5) is 0.249. The molecule has 1 unspecified atom stereocenters. The van der Waals surface area contributed by atoms with E-state index in [-0.39, 0.29) is 17.5 Å². The minimum absolute atomic E-state index is 0.188. The van der Waals surface area contributed by atoms with Gasteiger partial charge < -0.3 is 15.8 Å².